The Kier molecular flexibility index (Phi) is 3.32. The summed E-state index contributed by atoms with van der Waals surface area (Å²) in [5, 5.41) is 8.82. The maximum atomic E-state index is 10.8. The molecule has 0 spiro atoms. The van der Waals surface area contributed by atoms with E-state index in [1.54, 1.807) is 0 Å². The number of carboxylic acid groups (broad SMARTS) is 1. The minimum Gasteiger partial charge on any atom is -0.476 e. The zero-order chi connectivity index (χ0) is 13.3. The van der Waals surface area contributed by atoms with Crippen molar-refractivity contribution < 1.29 is 14.3 Å². The summed E-state index contributed by atoms with van der Waals surface area (Å²) >= 11 is 0. The first-order valence-corrected chi connectivity index (χ1v) is 6.31. The van der Waals surface area contributed by atoms with Crippen molar-refractivity contribution in [1.29, 1.82) is 0 Å². The van der Waals surface area contributed by atoms with Gasteiger partial charge in [0.15, 0.2) is 5.69 Å². The Hall–Kier alpha value is -1.52. The lowest BCUT2D eigenvalue weighted by molar-refractivity contribution is 0.0690. The molecular weight excluding hydrogens is 232 g/mol. The number of hydrogen-bond acceptors (Lipinski definition) is 4. The Labute approximate surface area is 107 Å². The van der Waals surface area contributed by atoms with Crippen LogP contribution in [0.15, 0.2) is 10.7 Å². The summed E-state index contributed by atoms with van der Waals surface area (Å²) in [7, 11) is 1.92. The lowest BCUT2D eigenvalue weighted by Crippen LogP contribution is -2.37. The second-order valence-corrected chi connectivity index (χ2v) is 5.83. The molecule has 0 unspecified atom stereocenters. The van der Waals surface area contributed by atoms with E-state index in [0.29, 0.717) is 17.5 Å². The largest absolute Gasteiger partial charge is 0.476 e. The SMILES string of the molecule is CN(c1nc(C(=O)O)co1)C1CCC(C)(C)CC1. The highest BCUT2D eigenvalue weighted by atomic mass is 16.4. The van der Waals surface area contributed by atoms with E-state index in [9.17, 15) is 4.79 Å². The molecular formula is C13H20N2O3. The Bertz CT molecular complexity index is 429. The van der Waals surface area contributed by atoms with Crippen LogP contribution in [0.5, 0.6) is 0 Å². The van der Waals surface area contributed by atoms with Crippen LogP contribution in [-0.4, -0.2) is 29.1 Å². The van der Waals surface area contributed by atoms with Gasteiger partial charge in [-0.05, 0) is 31.1 Å². The Balaban J connectivity index is 2.03. The third kappa shape index (κ3) is 2.66. The zero-order valence-electron chi connectivity index (χ0n) is 11.1. The molecule has 0 bridgehead atoms. The van der Waals surface area contributed by atoms with Gasteiger partial charge in [0.2, 0.25) is 0 Å². The number of aromatic nitrogens is 1. The number of carboxylic acids is 1. The number of aromatic carboxylic acids is 1. The molecule has 0 aliphatic heterocycles. The van der Waals surface area contributed by atoms with E-state index in [1.807, 2.05) is 11.9 Å². The average Bonchev–Trinajstić information content (AvgIpc) is 2.77. The highest BCUT2D eigenvalue weighted by molar-refractivity contribution is 5.85. The van der Waals surface area contributed by atoms with Crippen LogP contribution in [0.1, 0.15) is 50.0 Å². The number of rotatable bonds is 3. The van der Waals surface area contributed by atoms with Gasteiger partial charge < -0.3 is 14.4 Å². The van der Waals surface area contributed by atoms with E-state index in [0.717, 1.165) is 12.8 Å². The smallest absolute Gasteiger partial charge is 0.357 e. The molecule has 1 N–H and O–H groups in total. The number of hydrogen-bond donors (Lipinski definition) is 1. The molecule has 1 fully saturated rings. The van der Waals surface area contributed by atoms with Gasteiger partial charge in [-0.15, -0.1) is 0 Å². The Morgan fingerprint density at radius 3 is 2.61 bits per heavy atom. The van der Waals surface area contributed by atoms with E-state index >= 15 is 0 Å². The van der Waals surface area contributed by atoms with Gasteiger partial charge in [0, 0.05) is 13.1 Å². The molecule has 1 aromatic heterocycles. The van der Waals surface area contributed by atoms with Crippen LogP contribution >= 0.6 is 0 Å². The molecule has 100 valence electrons. The molecule has 1 saturated carbocycles. The Morgan fingerprint density at radius 2 is 2.11 bits per heavy atom. The summed E-state index contributed by atoms with van der Waals surface area (Å²) in [4.78, 5) is 16.7. The van der Waals surface area contributed by atoms with Crippen molar-refractivity contribution in [3.05, 3.63) is 12.0 Å². The van der Waals surface area contributed by atoms with Crippen molar-refractivity contribution >= 4 is 12.0 Å². The summed E-state index contributed by atoms with van der Waals surface area (Å²) in [6.07, 6.45) is 5.73. The minimum atomic E-state index is -1.05. The molecule has 1 aromatic rings. The van der Waals surface area contributed by atoms with E-state index in [1.165, 1.54) is 19.1 Å². The molecule has 1 heterocycles. The van der Waals surface area contributed by atoms with E-state index < -0.39 is 5.97 Å². The lowest BCUT2D eigenvalue weighted by atomic mass is 9.75. The van der Waals surface area contributed by atoms with Crippen LogP contribution in [-0.2, 0) is 0 Å². The summed E-state index contributed by atoms with van der Waals surface area (Å²) < 4.78 is 5.23. The highest BCUT2D eigenvalue weighted by Gasteiger charge is 2.30. The van der Waals surface area contributed by atoms with Crippen LogP contribution < -0.4 is 4.90 Å². The van der Waals surface area contributed by atoms with Crippen LogP contribution in [0.3, 0.4) is 0 Å². The van der Waals surface area contributed by atoms with E-state index in [4.69, 9.17) is 9.52 Å². The van der Waals surface area contributed by atoms with E-state index in [-0.39, 0.29) is 5.69 Å². The normalized spacial score (nSPS) is 19.7. The van der Waals surface area contributed by atoms with Gasteiger partial charge in [-0.2, -0.15) is 4.98 Å². The fraction of sp³-hybridized carbons (Fsp3) is 0.692. The van der Waals surface area contributed by atoms with Gasteiger partial charge in [0.1, 0.15) is 6.26 Å². The summed E-state index contributed by atoms with van der Waals surface area (Å²) in [5.74, 6) is -1.05. The van der Waals surface area contributed by atoms with Gasteiger partial charge in [-0.3, -0.25) is 0 Å². The lowest BCUT2D eigenvalue weighted by Gasteiger charge is -2.37. The standard InChI is InChI=1S/C13H20N2O3/c1-13(2)6-4-9(5-7-13)15(3)12-14-10(8-18-12)11(16)17/h8-9H,4-7H2,1-3H3,(H,16,17). The first kappa shape index (κ1) is 12.9. The zero-order valence-corrected chi connectivity index (χ0v) is 11.1. The fourth-order valence-electron chi connectivity index (χ4n) is 2.45. The molecule has 1 aliphatic carbocycles. The maximum absolute atomic E-state index is 10.8. The second-order valence-electron chi connectivity index (χ2n) is 5.83. The van der Waals surface area contributed by atoms with Gasteiger partial charge in [-0.1, -0.05) is 13.8 Å². The fourth-order valence-corrected chi connectivity index (χ4v) is 2.45. The molecule has 0 saturated heterocycles. The average molecular weight is 252 g/mol. The van der Waals surface area contributed by atoms with Crippen molar-refractivity contribution in [2.75, 3.05) is 11.9 Å². The predicted molar refractivity (Wildman–Crippen MR) is 67.9 cm³/mol. The maximum Gasteiger partial charge on any atom is 0.357 e. The van der Waals surface area contributed by atoms with Gasteiger partial charge in [0.25, 0.3) is 6.01 Å². The van der Waals surface area contributed by atoms with E-state index in [2.05, 4.69) is 18.8 Å². The van der Waals surface area contributed by atoms with Crippen LogP contribution in [0, 0.1) is 5.41 Å². The molecule has 0 atom stereocenters. The quantitative estimate of drug-likeness (QED) is 0.896. The Morgan fingerprint density at radius 1 is 1.50 bits per heavy atom. The predicted octanol–water partition coefficient (Wildman–Crippen LogP) is 2.78. The van der Waals surface area contributed by atoms with Gasteiger partial charge in [-0.25, -0.2) is 4.79 Å². The third-order valence-corrected chi connectivity index (χ3v) is 3.87. The van der Waals surface area contributed by atoms with Gasteiger partial charge in [0.05, 0.1) is 0 Å². The molecule has 0 radical (unpaired) electrons. The van der Waals surface area contributed by atoms with Crippen LogP contribution in [0.4, 0.5) is 6.01 Å². The van der Waals surface area contributed by atoms with Crippen molar-refractivity contribution in [3.63, 3.8) is 0 Å². The summed E-state index contributed by atoms with van der Waals surface area (Å²) in [6.45, 7) is 4.58. The minimum absolute atomic E-state index is 0.0343. The van der Waals surface area contributed by atoms with Crippen molar-refractivity contribution in [1.82, 2.24) is 4.98 Å². The molecule has 5 heteroatoms. The molecule has 0 amide bonds. The number of nitrogens with zero attached hydrogens (tertiary/aromatic N) is 2. The first-order valence-electron chi connectivity index (χ1n) is 6.31. The topological polar surface area (TPSA) is 66.6 Å². The van der Waals surface area contributed by atoms with Gasteiger partial charge >= 0.3 is 5.97 Å². The monoisotopic (exact) mass is 252 g/mol. The molecule has 0 aromatic carbocycles. The van der Waals surface area contributed by atoms with Crippen LogP contribution in [0.2, 0.25) is 0 Å². The molecule has 1 aliphatic rings. The van der Waals surface area contributed by atoms with Crippen LogP contribution in [0.25, 0.3) is 0 Å². The molecule has 18 heavy (non-hydrogen) atoms. The summed E-state index contributed by atoms with van der Waals surface area (Å²) in [5.41, 5.74) is 0.383. The van der Waals surface area contributed by atoms with Crippen molar-refractivity contribution in [3.8, 4) is 0 Å². The molecule has 5 nitrogen and oxygen atoms in total. The number of anilines is 1. The second kappa shape index (κ2) is 4.63. The third-order valence-electron chi connectivity index (χ3n) is 3.87. The van der Waals surface area contributed by atoms with Crippen molar-refractivity contribution in [2.24, 2.45) is 5.41 Å². The number of carbonyl (C=O) groups is 1. The van der Waals surface area contributed by atoms with Crippen molar-refractivity contribution in [2.45, 2.75) is 45.6 Å². The first-order chi connectivity index (χ1) is 8.39. The number of oxazole rings is 1. The molecule has 2 rings (SSSR count). The highest BCUT2D eigenvalue weighted by Crippen LogP contribution is 2.37. The summed E-state index contributed by atoms with van der Waals surface area (Å²) in [6, 6.07) is 0.787.